The van der Waals surface area contributed by atoms with Crippen molar-refractivity contribution in [2.24, 2.45) is 0 Å². The lowest BCUT2D eigenvalue weighted by molar-refractivity contribution is 0.667. The normalized spacial score (nSPS) is 11.3. The summed E-state index contributed by atoms with van der Waals surface area (Å²) in [5.41, 5.74) is 2.49. The third-order valence-electron chi connectivity index (χ3n) is 3.35. The monoisotopic (exact) mass is 291 g/mol. The Morgan fingerprint density at radius 3 is 3.05 bits per heavy atom. The van der Waals surface area contributed by atoms with Gasteiger partial charge in [0.25, 0.3) is 0 Å². The van der Waals surface area contributed by atoms with Crippen molar-refractivity contribution in [3.05, 3.63) is 30.1 Å². The minimum absolute atomic E-state index is 0.937. The SMILES string of the molecule is CCCNCc1cn(CCCSCC)c2ncccc12. The fraction of sp³-hybridized carbons (Fsp3) is 0.562. The molecule has 0 saturated carbocycles. The van der Waals surface area contributed by atoms with Gasteiger partial charge in [0, 0.05) is 30.9 Å². The van der Waals surface area contributed by atoms with Crippen LogP contribution in [0.5, 0.6) is 0 Å². The number of hydrogen-bond donors (Lipinski definition) is 1. The molecule has 0 aromatic carbocycles. The quantitative estimate of drug-likeness (QED) is 0.715. The van der Waals surface area contributed by atoms with Gasteiger partial charge in [-0.3, -0.25) is 0 Å². The lowest BCUT2D eigenvalue weighted by Gasteiger charge is -2.03. The number of pyridine rings is 1. The fourth-order valence-corrected chi connectivity index (χ4v) is 3.01. The summed E-state index contributed by atoms with van der Waals surface area (Å²) in [7, 11) is 0. The van der Waals surface area contributed by atoms with Gasteiger partial charge in [-0.25, -0.2) is 4.98 Å². The number of nitrogens with one attached hydrogen (secondary N) is 1. The molecule has 110 valence electrons. The Bertz CT molecular complexity index is 521. The molecule has 2 aromatic heterocycles. The van der Waals surface area contributed by atoms with E-state index in [1.807, 2.05) is 24.0 Å². The number of aryl methyl sites for hydroxylation is 1. The summed E-state index contributed by atoms with van der Waals surface area (Å²) in [4.78, 5) is 4.56. The van der Waals surface area contributed by atoms with E-state index in [0.717, 1.165) is 25.3 Å². The number of aromatic nitrogens is 2. The maximum absolute atomic E-state index is 4.56. The number of fused-ring (bicyclic) bond motifs is 1. The Hall–Kier alpha value is -1.00. The minimum atomic E-state index is 0.937. The highest BCUT2D eigenvalue weighted by molar-refractivity contribution is 7.99. The maximum Gasteiger partial charge on any atom is 0.140 e. The van der Waals surface area contributed by atoms with Crippen LogP contribution in [-0.4, -0.2) is 27.6 Å². The first-order valence-electron chi connectivity index (χ1n) is 7.58. The third kappa shape index (κ3) is 4.00. The molecule has 0 atom stereocenters. The molecule has 0 bridgehead atoms. The molecule has 0 saturated heterocycles. The highest BCUT2D eigenvalue weighted by atomic mass is 32.2. The van der Waals surface area contributed by atoms with Gasteiger partial charge in [0.2, 0.25) is 0 Å². The molecule has 4 heteroatoms. The van der Waals surface area contributed by atoms with Crippen LogP contribution in [0.3, 0.4) is 0 Å². The molecule has 0 spiro atoms. The topological polar surface area (TPSA) is 29.9 Å². The van der Waals surface area contributed by atoms with Gasteiger partial charge >= 0.3 is 0 Å². The van der Waals surface area contributed by atoms with Gasteiger partial charge in [-0.2, -0.15) is 11.8 Å². The lowest BCUT2D eigenvalue weighted by Crippen LogP contribution is -2.13. The zero-order valence-electron chi connectivity index (χ0n) is 12.6. The van der Waals surface area contributed by atoms with Crippen molar-refractivity contribution in [1.29, 1.82) is 0 Å². The van der Waals surface area contributed by atoms with E-state index in [1.54, 1.807) is 0 Å². The maximum atomic E-state index is 4.56. The van der Waals surface area contributed by atoms with E-state index in [9.17, 15) is 0 Å². The number of thioether (sulfide) groups is 1. The highest BCUT2D eigenvalue weighted by Gasteiger charge is 2.08. The molecular formula is C16H25N3S. The number of nitrogens with zero attached hydrogens (tertiary/aromatic N) is 2. The van der Waals surface area contributed by atoms with Crippen molar-refractivity contribution >= 4 is 22.8 Å². The van der Waals surface area contributed by atoms with E-state index in [1.165, 1.54) is 35.3 Å². The summed E-state index contributed by atoms with van der Waals surface area (Å²) < 4.78 is 2.31. The first kappa shape index (κ1) is 15.4. The Balaban J connectivity index is 2.09. The molecule has 0 aliphatic carbocycles. The van der Waals surface area contributed by atoms with Gasteiger partial charge in [0.15, 0.2) is 0 Å². The molecule has 2 aromatic rings. The van der Waals surface area contributed by atoms with Crippen LogP contribution < -0.4 is 5.32 Å². The summed E-state index contributed by atoms with van der Waals surface area (Å²) in [6, 6.07) is 4.21. The first-order chi connectivity index (χ1) is 9.86. The minimum Gasteiger partial charge on any atom is -0.332 e. The standard InChI is InChI=1S/C16H25N3S/c1-3-8-17-12-14-13-19(10-6-11-20-4-2)16-15(14)7-5-9-18-16/h5,7,9,13,17H,3-4,6,8,10-12H2,1-2H3. The van der Waals surface area contributed by atoms with Crippen molar-refractivity contribution in [3.8, 4) is 0 Å². The van der Waals surface area contributed by atoms with Crippen LogP contribution in [0.15, 0.2) is 24.5 Å². The largest absolute Gasteiger partial charge is 0.332 e. The molecule has 0 fully saturated rings. The second kappa shape index (κ2) is 8.32. The van der Waals surface area contributed by atoms with Crippen molar-refractivity contribution in [1.82, 2.24) is 14.9 Å². The van der Waals surface area contributed by atoms with Gasteiger partial charge in [-0.05, 0) is 48.6 Å². The van der Waals surface area contributed by atoms with E-state index in [4.69, 9.17) is 0 Å². The molecule has 3 nitrogen and oxygen atoms in total. The predicted molar refractivity (Wildman–Crippen MR) is 89.3 cm³/mol. The molecule has 1 N–H and O–H groups in total. The fourth-order valence-electron chi connectivity index (χ4n) is 2.39. The van der Waals surface area contributed by atoms with Crippen LogP contribution in [0.25, 0.3) is 11.0 Å². The zero-order chi connectivity index (χ0) is 14.2. The third-order valence-corrected chi connectivity index (χ3v) is 4.34. The first-order valence-corrected chi connectivity index (χ1v) is 8.73. The van der Waals surface area contributed by atoms with Crippen LogP contribution in [0, 0.1) is 0 Å². The Labute approximate surface area is 126 Å². The molecule has 0 amide bonds. The van der Waals surface area contributed by atoms with Gasteiger partial charge in [-0.1, -0.05) is 13.8 Å². The van der Waals surface area contributed by atoms with Crippen molar-refractivity contribution < 1.29 is 0 Å². The van der Waals surface area contributed by atoms with E-state index in [2.05, 4.69) is 41.0 Å². The second-order valence-electron chi connectivity index (χ2n) is 4.95. The van der Waals surface area contributed by atoms with Crippen LogP contribution in [0.2, 0.25) is 0 Å². The van der Waals surface area contributed by atoms with E-state index < -0.39 is 0 Å². The molecule has 0 aliphatic heterocycles. The van der Waals surface area contributed by atoms with Gasteiger partial charge in [0.05, 0.1) is 0 Å². The molecule has 2 heterocycles. The molecule has 2 rings (SSSR count). The van der Waals surface area contributed by atoms with Crippen molar-refractivity contribution in [2.45, 2.75) is 39.8 Å². The van der Waals surface area contributed by atoms with E-state index in [-0.39, 0.29) is 0 Å². The highest BCUT2D eigenvalue weighted by Crippen LogP contribution is 2.20. The number of hydrogen-bond acceptors (Lipinski definition) is 3. The van der Waals surface area contributed by atoms with E-state index in [0.29, 0.717) is 0 Å². The van der Waals surface area contributed by atoms with E-state index >= 15 is 0 Å². The van der Waals surface area contributed by atoms with Crippen LogP contribution in [-0.2, 0) is 13.1 Å². The molecule has 0 radical (unpaired) electrons. The van der Waals surface area contributed by atoms with Crippen molar-refractivity contribution in [3.63, 3.8) is 0 Å². The lowest BCUT2D eigenvalue weighted by atomic mass is 10.2. The smallest absolute Gasteiger partial charge is 0.140 e. The average molecular weight is 291 g/mol. The Morgan fingerprint density at radius 2 is 2.25 bits per heavy atom. The molecular weight excluding hydrogens is 266 g/mol. The molecule has 0 unspecified atom stereocenters. The summed E-state index contributed by atoms with van der Waals surface area (Å²) in [5, 5.41) is 4.78. The summed E-state index contributed by atoms with van der Waals surface area (Å²) in [6.07, 6.45) is 6.55. The predicted octanol–water partition coefficient (Wildman–Crippen LogP) is 3.68. The van der Waals surface area contributed by atoms with Gasteiger partial charge < -0.3 is 9.88 Å². The second-order valence-corrected chi connectivity index (χ2v) is 6.34. The van der Waals surface area contributed by atoms with Gasteiger partial charge in [0.1, 0.15) is 5.65 Å². The summed E-state index contributed by atoms with van der Waals surface area (Å²) >= 11 is 2.01. The molecule has 20 heavy (non-hydrogen) atoms. The molecule has 0 aliphatic rings. The average Bonchev–Trinajstić information content (AvgIpc) is 2.83. The zero-order valence-corrected chi connectivity index (χ0v) is 13.4. The Morgan fingerprint density at radius 1 is 1.35 bits per heavy atom. The van der Waals surface area contributed by atoms with Crippen molar-refractivity contribution in [2.75, 3.05) is 18.1 Å². The number of rotatable bonds is 9. The van der Waals surface area contributed by atoms with Gasteiger partial charge in [-0.15, -0.1) is 0 Å². The van der Waals surface area contributed by atoms with Crippen LogP contribution in [0.1, 0.15) is 32.3 Å². The summed E-state index contributed by atoms with van der Waals surface area (Å²) in [5.74, 6) is 2.43. The van der Waals surface area contributed by atoms with Crippen LogP contribution in [0.4, 0.5) is 0 Å². The summed E-state index contributed by atoms with van der Waals surface area (Å²) in [6.45, 7) is 7.49. The van der Waals surface area contributed by atoms with Crippen LogP contribution >= 0.6 is 11.8 Å². The Kier molecular flexibility index (Phi) is 6.40.